The lowest BCUT2D eigenvalue weighted by atomic mass is 10.0. The third-order valence-corrected chi connectivity index (χ3v) is 13.7. The maximum absolute atomic E-state index is 14.5. The summed E-state index contributed by atoms with van der Waals surface area (Å²) in [5.74, 6) is -5.99. The Morgan fingerprint density at radius 2 is 1.81 bits per heavy atom. The smallest absolute Gasteiger partial charge is 0.408 e. The van der Waals surface area contributed by atoms with E-state index in [1.54, 1.807) is 45.1 Å². The Labute approximate surface area is 342 Å². The molecule has 2 aromatic rings. The van der Waals surface area contributed by atoms with Gasteiger partial charge in [0, 0.05) is 38.2 Å². The van der Waals surface area contributed by atoms with Gasteiger partial charge in [0.2, 0.25) is 27.7 Å². The van der Waals surface area contributed by atoms with Crippen molar-refractivity contribution in [2.75, 3.05) is 38.8 Å². The number of anilines is 1. The molecule has 0 radical (unpaired) electrons. The fourth-order valence-corrected chi connectivity index (χ4v) is 8.35. The number of nitrogens with zero attached hydrogens (tertiary/aromatic N) is 3. The molecule has 3 N–H and O–H groups in total. The van der Waals surface area contributed by atoms with Crippen LogP contribution in [-0.4, -0.2) is 116 Å². The van der Waals surface area contributed by atoms with Gasteiger partial charge in [-0.2, -0.15) is 4.98 Å². The standard InChI is InChI=1S/C40H55F3N6O9S/c1-10-12-25-20-40(25,35(52)47-59(54,55)39(22-41)15-16-39)46-32(50)29-19-27(57-33-28-14-13-26(56-9)17-24(28)18-30(44-33)48(8)11-2)21-49(29)34(51)31(23(3)4)45-36(53)58-37(5,6)38(7,42)43/h10,12-14,17-18,23,25,27,29,31H,11,15-16,19-22H2,1-9H3,(H,45,53)(H,46,50)(H,47,52)/b12-10-/t25-,27-,29+,31+,40-/m1/s1. The van der Waals surface area contributed by atoms with E-state index >= 15 is 0 Å². The van der Waals surface area contributed by atoms with E-state index in [1.165, 1.54) is 12.0 Å². The molecular formula is C40H55F3N6O9S. The summed E-state index contributed by atoms with van der Waals surface area (Å²) in [6, 6.07) is 4.45. The lowest BCUT2D eigenvalue weighted by Crippen LogP contribution is -2.59. The molecule has 59 heavy (non-hydrogen) atoms. The first-order valence-electron chi connectivity index (χ1n) is 19.6. The Morgan fingerprint density at radius 1 is 1.14 bits per heavy atom. The Bertz CT molecular complexity index is 2090. The average molecular weight is 853 g/mol. The molecule has 1 saturated heterocycles. The van der Waals surface area contributed by atoms with Crippen molar-refractivity contribution >= 4 is 50.4 Å². The number of hydrogen-bond donors (Lipinski definition) is 3. The molecular weight excluding hydrogens is 798 g/mol. The number of aromatic nitrogens is 1. The van der Waals surface area contributed by atoms with E-state index in [0.29, 0.717) is 30.4 Å². The molecule has 3 fully saturated rings. The van der Waals surface area contributed by atoms with E-state index in [2.05, 4.69) is 10.6 Å². The number of ether oxygens (including phenoxy) is 3. The molecule has 15 nitrogen and oxygen atoms in total. The van der Waals surface area contributed by atoms with Gasteiger partial charge >= 0.3 is 6.09 Å². The third-order valence-electron chi connectivity index (χ3n) is 11.6. The number of carbonyl (C=O) groups is 4. The van der Waals surface area contributed by atoms with Crippen LogP contribution in [0.1, 0.15) is 74.1 Å². The quantitative estimate of drug-likeness (QED) is 0.189. The summed E-state index contributed by atoms with van der Waals surface area (Å²) in [6.07, 6.45) is 1.06. The molecule has 0 bridgehead atoms. The Balaban J connectivity index is 1.49. The van der Waals surface area contributed by atoms with Crippen LogP contribution in [0.15, 0.2) is 36.4 Å². The molecule has 2 heterocycles. The van der Waals surface area contributed by atoms with Crippen molar-refractivity contribution < 1.29 is 55.0 Å². The summed E-state index contributed by atoms with van der Waals surface area (Å²) in [5, 5.41) is 6.46. The molecule has 4 amide bonds. The fraction of sp³-hybridized carbons (Fsp3) is 0.625. The highest BCUT2D eigenvalue weighted by Gasteiger charge is 2.64. The fourth-order valence-electron chi connectivity index (χ4n) is 6.92. The predicted octanol–water partition coefficient (Wildman–Crippen LogP) is 4.63. The monoisotopic (exact) mass is 852 g/mol. The zero-order valence-electron chi connectivity index (χ0n) is 34.9. The van der Waals surface area contributed by atoms with Crippen LogP contribution in [0, 0.1) is 11.8 Å². The Kier molecular flexibility index (Phi) is 12.8. The third kappa shape index (κ3) is 9.18. The summed E-state index contributed by atoms with van der Waals surface area (Å²) in [7, 11) is -1.06. The first-order chi connectivity index (χ1) is 27.5. The number of likely N-dealkylation sites (tertiary alicyclic amines) is 1. The Morgan fingerprint density at radius 3 is 2.37 bits per heavy atom. The van der Waals surface area contributed by atoms with Gasteiger partial charge in [0.1, 0.15) is 46.7 Å². The van der Waals surface area contributed by atoms with E-state index in [0.717, 1.165) is 19.2 Å². The molecule has 3 aliphatic rings. The topological polar surface area (TPSA) is 186 Å². The van der Waals surface area contributed by atoms with Crippen LogP contribution < -0.4 is 29.7 Å². The lowest BCUT2D eigenvalue weighted by molar-refractivity contribution is -0.151. The zero-order valence-corrected chi connectivity index (χ0v) is 35.7. The number of alkyl carbamates (subject to hydrolysis) is 1. The van der Waals surface area contributed by atoms with Crippen molar-refractivity contribution in [1.29, 1.82) is 0 Å². The molecule has 5 rings (SSSR count). The highest BCUT2D eigenvalue weighted by Crippen LogP contribution is 2.48. The van der Waals surface area contributed by atoms with Gasteiger partial charge in [0.05, 0.1) is 13.7 Å². The van der Waals surface area contributed by atoms with Crippen molar-refractivity contribution in [1.82, 2.24) is 25.2 Å². The molecule has 2 saturated carbocycles. The van der Waals surface area contributed by atoms with Gasteiger partial charge in [-0.05, 0) is 82.5 Å². The number of methoxy groups -OCH3 is 1. The molecule has 1 aromatic carbocycles. The van der Waals surface area contributed by atoms with Gasteiger partial charge in [-0.15, -0.1) is 0 Å². The normalized spacial score (nSPS) is 23.1. The predicted molar refractivity (Wildman–Crippen MR) is 214 cm³/mol. The van der Waals surface area contributed by atoms with Crippen molar-refractivity contribution in [2.45, 2.75) is 114 Å². The minimum Gasteiger partial charge on any atom is -0.497 e. The van der Waals surface area contributed by atoms with Gasteiger partial charge in [-0.1, -0.05) is 26.0 Å². The van der Waals surface area contributed by atoms with Crippen molar-refractivity contribution in [3.8, 4) is 11.6 Å². The number of alkyl halides is 3. The largest absolute Gasteiger partial charge is 0.497 e. The summed E-state index contributed by atoms with van der Waals surface area (Å²) in [4.78, 5) is 63.6. The first-order valence-corrected chi connectivity index (χ1v) is 21.1. The highest BCUT2D eigenvalue weighted by atomic mass is 32.2. The van der Waals surface area contributed by atoms with Crippen LogP contribution in [0.3, 0.4) is 0 Å². The van der Waals surface area contributed by atoms with Crippen LogP contribution in [0.4, 0.5) is 23.8 Å². The number of halogens is 3. The van der Waals surface area contributed by atoms with Gasteiger partial charge in [-0.3, -0.25) is 19.1 Å². The minimum absolute atomic E-state index is 0.0185. The van der Waals surface area contributed by atoms with Gasteiger partial charge in [-0.25, -0.2) is 26.4 Å². The second-order valence-electron chi connectivity index (χ2n) is 16.6. The molecule has 0 spiro atoms. The van der Waals surface area contributed by atoms with Crippen molar-refractivity contribution in [3.05, 3.63) is 36.4 Å². The molecule has 0 unspecified atom stereocenters. The maximum atomic E-state index is 14.5. The number of benzene rings is 1. The van der Waals surface area contributed by atoms with Gasteiger partial charge in [0.25, 0.3) is 11.8 Å². The average Bonchev–Trinajstić information content (AvgIpc) is 4.07. The van der Waals surface area contributed by atoms with Crippen LogP contribution in [-0.2, 0) is 29.1 Å². The minimum atomic E-state index is -4.44. The van der Waals surface area contributed by atoms with Gasteiger partial charge in [0.15, 0.2) is 5.60 Å². The van der Waals surface area contributed by atoms with Crippen molar-refractivity contribution in [3.63, 3.8) is 0 Å². The molecule has 5 atom stereocenters. The number of amides is 4. The molecule has 1 aliphatic heterocycles. The van der Waals surface area contributed by atoms with Crippen molar-refractivity contribution in [2.24, 2.45) is 11.8 Å². The summed E-state index contributed by atoms with van der Waals surface area (Å²) in [6.45, 7) is 8.71. The van der Waals surface area contributed by atoms with E-state index in [4.69, 9.17) is 19.2 Å². The number of nitrogens with one attached hydrogen (secondary N) is 3. The molecule has 326 valence electrons. The Hall–Kier alpha value is -4.81. The van der Waals surface area contributed by atoms with E-state index in [-0.39, 0.29) is 38.1 Å². The number of rotatable bonds is 17. The zero-order chi connectivity index (χ0) is 43.9. The summed E-state index contributed by atoms with van der Waals surface area (Å²) >= 11 is 0. The second-order valence-corrected chi connectivity index (χ2v) is 18.6. The van der Waals surface area contributed by atoms with E-state index < -0.39 is 92.3 Å². The van der Waals surface area contributed by atoms with E-state index in [9.17, 15) is 40.8 Å². The first kappa shape index (κ1) is 45.3. The SMILES string of the molecule is C/C=C\[C@@H]1C[C@]1(NC(=O)[C@@H]1C[C@@H](Oc2nc(N(C)CC)cc3cc(OC)ccc23)CN1C(=O)[C@@H](NC(=O)OC(C)(C)C(C)(F)F)C(C)C)C(=O)NS(=O)(=O)C1(CF)CC1. The highest BCUT2D eigenvalue weighted by molar-refractivity contribution is 7.91. The van der Waals surface area contributed by atoms with Gasteiger partial charge < -0.3 is 34.6 Å². The summed E-state index contributed by atoms with van der Waals surface area (Å²) < 4.78 is 85.8. The number of allylic oxidation sites excluding steroid dienone is 1. The number of pyridine rings is 1. The maximum Gasteiger partial charge on any atom is 0.408 e. The molecule has 19 heteroatoms. The van der Waals surface area contributed by atoms with Crippen LogP contribution in [0.2, 0.25) is 0 Å². The molecule has 1 aromatic heterocycles. The van der Waals surface area contributed by atoms with E-state index in [1.807, 2.05) is 35.7 Å². The second kappa shape index (κ2) is 16.7. The van der Waals surface area contributed by atoms with Crippen LogP contribution in [0.5, 0.6) is 11.6 Å². The number of carbonyl (C=O) groups excluding carboxylic acids is 4. The summed E-state index contributed by atoms with van der Waals surface area (Å²) in [5.41, 5.74) is -3.99. The number of sulfonamides is 1. The molecule has 2 aliphatic carbocycles. The lowest BCUT2D eigenvalue weighted by Gasteiger charge is -2.34. The van der Waals surface area contributed by atoms with Crippen LogP contribution in [0.25, 0.3) is 10.8 Å². The number of fused-ring (bicyclic) bond motifs is 1. The van der Waals surface area contributed by atoms with Crippen LogP contribution >= 0.6 is 0 Å². The number of hydrogen-bond acceptors (Lipinski definition) is 11.